The van der Waals surface area contributed by atoms with Gasteiger partial charge in [-0.3, -0.25) is 9.88 Å². The van der Waals surface area contributed by atoms with E-state index in [1.807, 2.05) is 24.5 Å². The van der Waals surface area contributed by atoms with Gasteiger partial charge in [0.15, 0.2) is 0 Å². The summed E-state index contributed by atoms with van der Waals surface area (Å²) in [6, 6.07) is 12.4. The van der Waals surface area contributed by atoms with Crippen molar-refractivity contribution in [3.05, 3.63) is 64.4 Å². The summed E-state index contributed by atoms with van der Waals surface area (Å²) in [7, 11) is 0. The Labute approximate surface area is 134 Å². The second-order valence-corrected chi connectivity index (χ2v) is 6.26. The van der Waals surface area contributed by atoms with Gasteiger partial charge in [-0.05, 0) is 35.7 Å². The Kier molecular flexibility index (Phi) is 5.01. The average Bonchev–Trinajstić information content (AvgIpc) is 2.96. The quantitative estimate of drug-likeness (QED) is 0.826. The smallest absolute Gasteiger partial charge is 0.0722 e. The van der Waals surface area contributed by atoms with Gasteiger partial charge in [-0.1, -0.05) is 34.1 Å². The van der Waals surface area contributed by atoms with Gasteiger partial charge >= 0.3 is 0 Å². The van der Waals surface area contributed by atoms with Crippen molar-refractivity contribution in [1.82, 2.24) is 9.88 Å². The van der Waals surface area contributed by atoms with Crippen molar-refractivity contribution >= 4 is 15.9 Å². The van der Waals surface area contributed by atoms with Gasteiger partial charge in [0.1, 0.15) is 0 Å². The molecule has 0 unspecified atom stereocenters. The number of rotatable bonds is 5. The van der Waals surface area contributed by atoms with E-state index in [0.29, 0.717) is 12.7 Å². The second-order valence-electron chi connectivity index (χ2n) is 5.40. The molecule has 110 valence electrons. The Morgan fingerprint density at radius 1 is 1.19 bits per heavy atom. The molecule has 3 nitrogen and oxygen atoms in total. The molecule has 1 aliphatic rings. The molecule has 21 heavy (non-hydrogen) atoms. The lowest BCUT2D eigenvalue weighted by Gasteiger charge is -2.17. The van der Waals surface area contributed by atoms with Gasteiger partial charge in [-0.15, -0.1) is 0 Å². The van der Waals surface area contributed by atoms with Crippen molar-refractivity contribution in [2.75, 3.05) is 13.1 Å². The highest BCUT2D eigenvalue weighted by molar-refractivity contribution is 9.10. The van der Waals surface area contributed by atoms with E-state index in [9.17, 15) is 0 Å². The van der Waals surface area contributed by atoms with Crippen LogP contribution < -0.4 is 0 Å². The molecule has 0 amide bonds. The lowest BCUT2D eigenvalue weighted by Crippen LogP contribution is -2.23. The summed E-state index contributed by atoms with van der Waals surface area (Å²) in [6.07, 6.45) is 5.06. The van der Waals surface area contributed by atoms with E-state index in [4.69, 9.17) is 4.74 Å². The Hall–Kier alpha value is -1.23. The first-order valence-electron chi connectivity index (χ1n) is 7.27. The lowest BCUT2D eigenvalue weighted by molar-refractivity contribution is 0.0461. The standard InChI is InChI=1S/C17H19BrN2O/c18-17-4-2-1-3-15(17)11-20-10-7-16(12-20)21-13-14-5-8-19-9-6-14/h1-6,8-9,16H,7,10-13H2/t16-/m1/s1. The zero-order valence-electron chi connectivity index (χ0n) is 11.9. The molecule has 0 radical (unpaired) electrons. The fraction of sp³-hybridized carbons (Fsp3) is 0.353. The molecular weight excluding hydrogens is 328 g/mol. The van der Waals surface area contributed by atoms with Crippen molar-refractivity contribution in [2.45, 2.75) is 25.7 Å². The van der Waals surface area contributed by atoms with E-state index >= 15 is 0 Å². The first-order valence-corrected chi connectivity index (χ1v) is 8.07. The Morgan fingerprint density at radius 2 is 2.00 bits per heavy atom. The number of aromatic nitrogens is 1. The predicted molar refractivity (Wildman–Crippen MR) is 86.9 cm³/mol. The molecule has 1 aromatic heterocycles. The third-order valence-electron chi connectivity index (χ3n) is 3.82. The van der Waals surface area contributed by atoms with E-state index in [2.05, 4.69) is 50.1 Å². The summed E-state index contributed by atoms with van der Waals surface area (Å²) in [6.45, 7) is 3.77. The molecule has 1 fully saturated rings. The van der Waals surface area contributed by atoms with Crippen LogP contribution in [0.4, 0.5) is 0 Å². The largest absolute Gasteiger partial charge is 0.372 e. The van der Waals surface area contributed by atoms with Crippen molar-refractivity contribution in [3.63, 3.8) is 0 Å². The summed E-state index contributed by atoms with van der Waals surface area (Å²) < 4.78 is 7.19. The number of nitrogens with zero attached hydrogens (tertiary/aromatic N) is 2. The topological polar surface area (TPSA) is 25.4 Å². The molecule has 0 saturated carbocycles. The minimum absolute atomic E-state index is 0.334. The minimum atomic E-state index is 0.334. The molecule has 2 heterocycles. The summed E-state index contributed by atoms with van der Waals surface area (Å²) in [5, 5.41) is 0. The third-order valence-corrected chi connectivity index (χ3v) is 4.59. The van der Waals surface area contributed by atoms with Crippen LogP contribution in [0.5, 0.6) is 0 Å². The maximum absolute atomic E-state index is 6.01. The monoisotopic (exact) mass is 346 g/mol. The molecule has 0 aliphatic carbocycles. The highest BCUT2D eigenvalue weighted by Gasteiger charge is 2.23. The van der Waals surface area contributed by atoms with Crippen molar-refractivity contribution in [2.24, 2.45) is 0 Å². The van der Waals surface area contributed by atoms with E-state index < -0.39 is 0 Å². The van der Waals surface area contributed by atoms with Gasteiger partial charge in [-0.25, -0.2) is 0 Å². The minimum Gasteiger partial charge on any atom is -0.372 e. The highest BCUT2D eigenvalue weighted by atomic mass is 79.9. The molecule has 0 bridgehead atoms. The van der Waals surface area contributed by atoms with Crippen LogP contribution in [0.25, 0.3) is 0 Å². The van der Waals surface area contributed by atoms with Crippen LogP contribution in [0.1, 0.15) is 17.5 Å². The molecular formula is C17H19BrN2O. The summed E-state index contributed by atoms with van der Waals surface area (Å²) >= 11 is 3.62. The molecule has 1 aliphatic heterocycles. The van der Waals surface area contributed by atoms with Gasteiger partial charge in [0, 0.05) is 36.5 Å². The number of pyridine rings is 1. The molecule has 0 N–H and O–H groups in total. The first kappa shape index (κ1) is 14.7. The van der Waals surface area contributed by atoms with Gasteiger partial charge in [-0.2, -0.15) is 0 Å². The summed E-state index contributed by atoms with van der Waals surface area (Å²) in [5.41, 5.74) is 2.53. The SMILES string of the molecule is Brc1ccccc1CN1CC[C@@H](OCc2ccncc2)C1. The van der Waals surface area contributed by atoms with Crippen molar-refractivity contribution < 1.29 is 4.74 Å². The molecule has 3 rings (SSSR count). The number of benzene rings is 1. The number of halogens is 1. The molecule has 0 spiro atoms. The first-order chi connectivity index (χ1) is 10.3. The summed E-state index contributed by atoms with van der Waals surface area (Å²) in [4.78, 5) is 6.48. The molecule has 1 aromatic carbocycles. The predicted octanol–water partition coefficient (Wildman–Crippen LogP) is 3.64. The fourth-order valence-electron chi connectivity index (χ4n) is 2.64. The van der Waals surface area contributed by atoms with Crippen LogP contribution in [0, 0.1) is 0 Å². The third kappa shape index (κ3) is 4.13. The van der Waals surface area contributed by atoms with Gasteiger partial charge < -0.3 is 4.74 Å². The van der Waals surface area contributed by atoms with E-state index in [-0.39, 0.29) is 0 Å². The van der Waals surface area contributed by atoms with Gasteiger partial charge in [0.05, 0.1) is 12.7 Å². The number of hydrogen-bond donors (Lipinski definition) is 0. The van der Waals surface area contributed by atoms with E-state index in [1.165, 1.54) is 15.6 Å². The average molecular weight is 347 g/mol. The Balaban J connectivity index is 1.48. The highest BCUT2D eigenvalue weighted by Crippen LogP contribution is 2.21. The van der Waals surface area contributed by atoms with Gasteiger partial charge in [0.2, 0.25) is 0 Å². The maximum Gasteiger partial charge on any atom is 0.0722 e. The Morgan fingerprint density at radius 3 is 2.81 bits per heavy atom. The maximum atomic E-state index is 6.01. The normalized spacial score (nSPS) is 19.0. The van der Waals surface area contributed by atoms with Crippen LogP contribution in [0.2, 0.25) is 0 Å². The summed E-state index contributed by atoms with van der Waals surface area (Å²) in [5.74, 6) is 0. The Bertz CT molecular complexity index is 576. The van der Waals surface area contributed by atoms with Crippen molar-refractivity contribution in [3.8, 4) is 0 Å². The zero-order valence-corrected chi connectivity index (χ0v) is 13.5. The molecule has 1 atom stereocenters. The zero-order chi connectivity index (χ0) is 14.5. The van der Waals surface area contributed by atoms with E-state index in [0.717, 1.165) is 26.1 Å². The lowest BCUT2D eigenvalue weighted by atomic mass is 10.2. The van der Waals surface area contributed by atoms with Crippen LogP contribution in [-0.4, -0.2) is 29.1 Å². The number of hydrogen-bond acceptors (Lipinski definition) is 3. The van der Waals surface area contributed by atoms with E-state index in [1.54, 1.807) is 0 Å². The van der Waals surface area contributed by atoms with Crippen molar-refractivity contribution in [1.29, 1.82) is 0 Å². The second kappa shape index (κ2) is 7.16. The van der Waals surface area contributed by atoms with Crippen LogP contribution >= 0.6 is 15.9 Å². The fourth-order valence-corrected chi connectivity index (χ4v) is 3.05. The van der Waals surface area contributed by atoms with Gasteiger partial charge in [0.25, 0.3) is 0 Å². The number of likely N-dealkylation sites (tertiary alicyclic amines) is 1. The van der Waals surface area contributed by atoms with Crippen LogP contribution in [0.3, 0.4) is 0 Å². The molecule has 4 heteroatoms. The van der Waals surface area contributed by atoms with Crippen LogP contribution in [-0.2, 0) is 17.9 Å². The molecule has 1 saturated heterocycles. The molecule has 2 aromatic rings. The number of ether oxygens (including phenoxy) is 1. The van der Waals surface area contributed by atoms with Crippen LogP contribution in [0.15, 0.2) is 53.3 Å².